The highest BCUT2D eigenvalue weighted by Crippen LogP contribution is 2.34. The summed E-state index contributed by atoms with van der Waals surface area (Å²) in [4.78, 5) is 6.72. The number of tetrazole rings is 1. The average molecular weight is 322 g/mol. The zero-order chi connectivity index (χ0) is 16.5. The van der Waals surface area contributed by atoms with Crippen LogP contribution in [0.2, 0.25) is 0 Å². The Morgan fingerprint density at radius 2 is 2.00 bits per heavy atom. The molecule has 124 valence electrons. The maximum absolute atomic E-state index is 4.24. The van der Waals surface area contributed by atoms with E-state index in [2.05, 4.69) is 56.6 Å². The molecule has 0 N–H and O–H groups in total. The maximum atomic E-state index is 4.24. The third-order valence-electron chi connectivity index (χ3n) is 5.26. The van der Waals surface area contributed by atoms with Gasteiger partial charge in [-0.15, -0.1) is 5.10 Å². The van der Waals surface area contributed by atoms with E-state index in [-0.39, 0.29) is 6.04 Å². The van der Waals surface area contributed by atoms with Gasteiger partial charge in [-0.2, -0.15) is 0 Å². The van der Waals surface area contributed by atoms with Gasteiger partial charge in [-0.05, 0) is 66.2 Å². The van der Waals surface area contributed by atoms with Gasteiger partial charge in [0.25, 0.3) is 0 Å². The molecule has 24 heavy (non-hydrogen) atoms. The lowest BCUT2D eigenvalue weighted by atomic mass is 9.86. The average Bonchev–Trinajstić information content (AvgIpc) is 3.07. The minimum atomic E-state index is 0.252. The molecule has 3 aromatic rings. The number of fused-ring (bicyclic) bond motifs is 1. The number of pyridine rings is 1. The first-order valence-corrected chi connectivity index (χ1v) is 8.53. The van der Waals surface area contributed by atoms with E-state index in [4.69, 9.17) is 0 Å². The predicted molar refractivity (Wildman–Crippen MR) is 92.5 cm³/mol. The number of benzene rings is 1. The van der Waals surface area contributed by atoms with Gasteiger partial charge in [0, 0.05) is 24.8 Å². The Balaban J connectivity index is 1.51. The van der Waals surface area contributed by atoms with Crippen LogP contribution in [0.1, 0.15) is 43.1 Å². The molecule has 0 spiro atoms. The first-order chi connectivity index (χ1) is 11.7. The molecule has 0 radical (unpaired) electrons. The zero-order valence-electron chi connectivity index (χ0n) is 14.1. The van der Waals surface area contributed by atoms with E-state index >= 15 is 0 Å². The SMILES string of the molecule is CC(c1nnnn1C)N1CCC(c2cccc3cnccc23)CC1. The fourth-order valence-electron chi connectivity index (χ4n) is 3.85. The van der Waals surface area contributed by atoms with Gasteiger partial charge in [0.05, 0.1) is 6.04 Å². The fourth-order valence-corrected chi connectivity index (χ4v) is 3.85. The minimum absolute atomic E-state index is 0.252. The molecule has 0 saturated carbocycles. The Bertz CT molecular complexity index is 829. The molecule has 1 unspecified atom stereocenters. The maximum Gasteiger partial charge on any atom is 0.167 e. The van der Waals surface area contributed by atoms with Crippen molar-refractivity contribution in [3.63, 3.8) is 0 Å². The van der Waals surface area contributed by atoms with E-state index in [1.807, 2.05) is 19.4 Å². The van der Waals surface area contributed by atoms with Crippen molar-refractivity contribution in [1.29, 1.82) is 0 Å². The van der Waals surface area contributed by atoms with Crippen LogP contribution in [0.3, 0.4) is 0 Å². The van der Waals surface area contributed by atoms with Gasteiger partial charge in [-0.3, -0.25) is 9.88 Å². The lowest BCUT2D eigenvalue weighted by Gasteiger charge is -2.35. The molecule has 1 aliphatic heterocycles. The Kier molecular flexibility index (Phi) is 3.98. The molecule has 1 atom stereocenters. The van der Waals surface area contributed by atoms with E-state index in [1.165, 1.54) is 16.3 Å². The van der Waals surface area contributed by atoms with Crippen LogP contribution >= 0.6 is 0 Å². The molecular formula is C18H22N6. The van der Waals surface area contributed by atoms with Crippen LogP contribution in [-0.2, 0) is 7.05 Å². The lowest BCUT2D eigenvalue weighted by molar-refractivity contribution is 0.154. The van der Waals surface area contributed by atoms with Crippen molar-refractivity contribution < 1.29 is 0 Å². The summed E-state index contributed by atoms with van der Waals surface area (Å²) in [6.45, 7) is 4.33. The Morgan fingerprint density at radius 1 is 1.17 bits per heavy atom. The highest BCUT2D eigenvalue weighted by molar-refractivity contribution is 5.85. The van der Waals surface area contributed by atoms with E-state index in [0.29, 0.717) is 5.92 Å². The molecule has 6 heteroatoms. The lowest BCUT2D eigenvalue weighted by Crippen LogP contribution is -2.36. The molecule has 4 rings (SSSR count). The van der Waals surface area contributed by atoms with Crippen LogP contribution in [0, 0.1) is 0 Å². The number of aryl methyl sites for hydroxylation is 1. The number of rotatable bonds is 3. The predicted octanol–water partition coefficient (Wildman–Crippen LogP) is 2.70. The highest BCUT2D eigenvalue weighted by Gasteiger charge is 2.27. The smallest absolute Gasteiger partial charge is 0.167 e. The largest absolute Gasteiger partial charge is 0.294 e. The van der Waals surface area contributed by atoms with Crippen LogP contribution in [-0.4, -0.2) is 43.2 Å². The molecule has 0 aliphatic carbocycles. The van der Waals surface area contributed by atoms with Crippen molar-refractivity contribution in [1.82, 2.24) is 30.1 Å². The summed E-state index contributed by atoms with van der Waals surface area (Å²) in [5.74, 6) is 1.54. The number of nitrogens with zero attached hydrogens (tertiary/aromatic N) is 6. The number of aromatic nitrogens is 5. The van der Waals surface area contributed by atoms with Crippen molar-refractivity contribution >= 4 is 10.8 Å². The highest BCUT2D eigenvalue weighted by atomic mass is 15.5. The summed E-state index contributed by atoms with van der Waals surface area (Å²) in [6, 6.07) is 8.97. The van der Waals surface area contributed by atoms with Gasteiger partial charge < -0.3 is 0 Å². The summed E-state index contributed by atoms with van der Waals surface area (Å²) in [6.07, 6.45) is 6.18. The Labute approximate surface area is 141 Å². The van der Waals surface area contributed by atoms with Gasteiger partial charge in [0.15, 0.2) is 5.82 Å². The van der Waals surface area contributed by atoms with Gasteiger partial charge in [-0.1, -0.05) is 18.2 Å². The number of piperidine rings is 1. The van der Waals surface area contributed by atoms with E-state index in [0.717, 1.165) is 31.8 Å². The number of likely N-dealkylation sites (tertiary alicyclic amines) is 1. The standard InChI is InChI=1S/C18H22N6/c1-13(18-20-21-22-23(18)2)24-10-7-14(8-11-24)16-5-3-4-15-12-19-9-6-17(15)16/h3-6,9,12-14H,7-8,10-11H2,1-2H3. The second-order valence-electron chi connectivity index (χ2n) is 6.59. The van der Waals surface area contributed by atoms with Crippen LogP contribution in [0.15, 0.2) is 36.7 Å². The van der Waals surface area contributed by atoms with Gasteiger partial charge in [-0.25, -0.2) is 4.68 Å². The van der Waals surface area contributed by atoms with Gasteiger partial charge in [0.1, 0.15) is 0 Å². The second kappa shape index (κ2) is 6.28. The topological polar surface area (TPSA) is 59.7 Å². The van der Waals surface area contributed by atoms with Crippen molar-refractivity contribution in [2.75, 3.05) is 13.1 Å². The van der Waals surface area contributed by atoms with E-state index in [1.54, 1.807) is 4.68 Å². The summed E-state index contributed by atoms with van der Waals surface area (Å²) in [5.41, 5.74) is 1.46. The summed E-state index contributed by atoms with van der Waals surface area (Å²) < 4.78 is 1.77. The van der Waals surface area contributed by atoms with Crippen LogP contribution < -0.4 is 0 Å². The molecule has 1 saturated heterocycles. The van der Waals surface area contributed by atoms with E-state index < -0.39 is 0 Å². The Hall–Kier alpha value is -2.34. The monoisotopic (exact) mass is 322 g/mol. The summed E-state index contributed by atoms with van der Waals surface area (Å²) in [5, 5.41) is 14.5. The van der Waals surface area contributed by atoms with Crippen molar-refractivity contribution in [2.24, 2.45) is 7.05 Å². The van der Waals surface area contributed by atoms with Gasteiger partial charge >= 0.3 is 0 Å². The molecule has 0 amide bonds. The minimum Gasteiger partial charge on any atom is -0.294 e. The van der Waals surface area contributed by atoms with Crippen LogP contribution in [0.5, 0.6) is 0 Å². The zero-order valence-corrected chi connectivity index (χ0v) is 14.1. The Morgan fingerprint density at radius 3 is 2.75 bits per heavy atom. The normalized spacial score (nSPS) is 18.1. The number of hydrogen-bond donors (Lipinski definition) is 0. The molecule has 2 aromatic heterocycles. The molecule has 6 nitrogen and oxygen atoms in total. The molecular weight excluding hydrogens is 300 g/mol. The molecule has 3 heterocycles. The van der Waals surface area contributed by atoms with Crippen molar-refractivity contribution in [3.05, 3.63) is 48.0 Å². The third kappa shape index (κ3) is 2.67. The quantitative estimate of drug-likeness (QED) is 0.742. The van der Waals surface area contributed by atoms with Gasteiger partial charge in [0.2, 0.25) is 0 Å². The van der Waals surface area contributed by atoms with E-state index in [9.17, 15) is 0 Å². The van der Waals surface area contributed by atoms with Crippen molar-refractivity contribution in [3.8, 4) is 0 Å². The summed E-state index contributed by atoms with van der Waals surface area (Å²) in [7, 11) is 1.91. The molecule has 1 aromatic carbocycles. The number of hydrogen-bond acceptors (Lipinski definition) is 5. The van der Waals surface area contributed by atoms with Crippen LogP contribution in [0.4, 0.5) is 0 Å². The molecule has 0 bridgehead atoms. The van der Waals surface area contributed by atoms with Crippen LogP contribution in [0.25, 0.3) is 10.8 Å². The molecule has 1 fully saturated rings. The summed E-state index contributed by atoms with van der Waals surface area (Å²) >= 11 is 0. The third-order valence-corrected chi connectivity index (χ3v) is 5.26. The fraction of sp³-hybridized carbons (Fsp3) is 0.444. The first kappa shape index (κ1) is 15.2. The first-order valence-electron chi connectivity index (χ1n) is 8.53. The van der Waals surface area contributed by atoms with Crippen molar-refractivity contribution in [2.45, 2.75) is 31.7 Å². The second-order valence-corrected chi connectivity index (χ2v) is 6.59. The molecule has 1 aliphatic rings.